The molecule has 2 amide bonds. The van der Waals surface area contributed by atoms with Gasteiger partial charge in [0.1, 0.15) is 0 Å². The van der Waals surface area contributed by atoms with Gasteiger partial charge in [0, 0.05) is 31.4 Å². The van der Waals surface area contributed by atoms with Crippen LogP contribution in [-0.4, -0.2) is 33.4 Å². The van der Waals surface area contributed by atoms with Crippen molar-refractivity contribution in [1.29, 1.82) is 5.26 Å². The summed E-state index contributed by atoms with van der Waals surface area (Å²) in [6, 6.07) is 13.0. The number of rotatable bonds is 2. The lowest BCUT2D eigenvalue weighted by molar-refractivity contribution is 0.255. The average Bonchev–Trinajstić information content (AvgIpc) is 3.05. The van der Waals surface area contributed by atoms with Gasteiger partial charge in [-0.15, -0.1) is 0 Å². The highest BCUT2D eigenvalue weighted by Gasteiger charge is 2.28. The maximum absolute atomic E-state index is 13.1. The Bertz CT molecular complexity index is 1100. The number of hydrogen-bond donors (Lipinski definition) is 2. The number of urea groups is 1. The van der Waals surface area contributed by atoms with E-state index in [9.17, 15) is 10.1 Å². The van der Waals surface area contributed by atoms with Crippen LogP contribution >= 0.6 is 0 Å². The molecule has 0 saturated heterocycles. The first-order chi connectivity index (χ1) is 14.0. The third kappa shape index (κ3) is 3.75. The summed E-state index contributed by atoms with van der Waals surface area (Å²) in [4.78, 5) is 19.6. The highest BCUT2D eigenvalue weighted by molar-refractivity contribution is 6.03. The molecule has 2 N–H and O–H groups in total. The largest absolute Gasteiger partial charge is 0.382 e. The van der Waals surface area contributed by atoms with Gasteiger partial charge in [-0.3, -0.25) is 9.58 Å². The van der Waals surface area contributed by atoms with E-state index in [0.29, 0.717) is 22.8 Å². The lowest BCUT2D eigenvalue weighted by Gasteiger charge is -2.27. The van der Waals surface area contributed by atoms with Gasteiger partial charge in [0.15, 0.2) is 5.82 Å². The molecular formula is C21H21N7O. The fourth-order valence-electron chi connectivity index (χ4n) is 3.40. The number of carbonyl (C=O) groups excluding carboxylic acids is 1. The van der Waals surface area contributed by atoms with Crippen molar-refractivity contribution >= 4 is 23.2 Å². The normalized spacial score (nSPS) is 15.6. The lowest BCUT2D eigenvalue weighted by atomic mass is 10.1. The first-order valence-corrected chi connectivity index (χ1v) is 9.39. The second-order valence-corrected chi connectivity index (χ2v) is 7.03. The second kappa shape index (κ2) is 7.64. The summed E-state index contributed by atoms with van der Waals surface area (Å²) in [6.45, 7) is 2.75. The van der Waals surface area contributed by atoms with Gasteiger partial charge in [0.25, 0.3) is 0 Å². The molecule has 0 spiro atoms. The smallest absolute Gasteiger partial charge is 0.327 e. The fraction of sp³-hybridized carbons (Fsp3) is 0.238. The number of anilines is 3. The van der Waals surface area contributed by atoms with Crippen LogP contribution in [0, 0.1) is 11.3 Å². The number of aromatic nitrogens is 3. The highest BCUT2D eigenvalue weighted by atomic mass is 16.2. The van der Waals surface area contributed by atoms with Gasteiger partial charge < -0.3 is 10.6 Å². The van der Waals surface area contributed by atoms with Crippen molar-refractivity contribution in [3.63, 3.8) is 0 Å². The van der Waals surface area contributed by atoms with E-state index in [1.807, 2.05) is 31.2 Å². The minimum Gasteiger partial charge on any atom is -0.382 e. The van der Waals surface area contributed by atoms with E-state index < -0.39 is 0 Å². The molecule has 1 aromatic carbocycles. The van der Waals surface area contributed by atoms with E-state index >= 15 is 0 Å². The molecule has 4 rings (SSSR count). The van der Waals surface area contributed by atoms with Gasteiger partial charge in [-0.1, -0.05) is 12.1 Å². The topological polar surface area (TPSA) is 98.9 Å². The maximum Gasteiger partial charge on any atom is 0.327 e. The first kappa shape index (κ1) is 18.5. The number of pyridine rings is 1. The number of aryl methyl sites for hydroxylation is 1. The Balaban J connectivity index is 1.73. The molecule has 1 aliphatic rings. The van der Waals surface area contributed by atoms with Crippen molar-refractivity contribution in [3.05, 3.63) is 54.4 Å². The van der Waals surface area contributed by atoms with Crippen LogP contribution in [0.25, 0.3) is 11.3 Å². The minimum atomic E-state index is -0.258. The maximum atomic E-state index is 13.1. The zero-order valence-electron chi connectivity index (χ0n) is 16.3. The first-order valence-electron chi connectivity index (χ1n) is 9.39. The predicted octanol–water partition coefficient (Wildman–Crippen LogP) is 3.60. The Hall–Kier alpha value is -3.86. The van der Waals surface area contributed by atoms with Gasteiger partial charge in [-0.25, -0.2) is 9.78 Å². The van der Waals surface area contributed by atoms with Gasteiger partial charge >= 0.3 is 6.03 Å². The standard InChI is InChI=1S/C21H21N7O/c1-14-8-9-23-19-7-6-18(16-5-3-4-15(10-16)11-22)26-20(19)28(14)21(29)25-17-12-24-27(2)13-17/h3-7,10,12-14,23H,8-9H2,1-2H3,(H,25,29)/t14-/m1/s1. The molecule has 29 heavy (non-hydrogen) atoms. The van der Waals surface area contributed by atoms with Crippen molar-refractivity contribution in [2.24, 2.45) is 7.05 Å². The minimum absolute atomic E-state index is 0.0476. The number of nitrogens with one attached hydrogen (secondary N) is 2. The van der Waals surface area contributed by atoms with Gasteiger partial charge in [-0.2, -0.15) is 10.4 Å². The molecular weight excluding hydrogens is 366 g/mol. The third-order valence-electron chi connectivity index (χ3n) is 4.88. The Morgan fingerprint density at radius 1 is 1.34 bits per heavy atom. The molecule has 3 aromatic rings. The molecule has 0 saturated carbocycles. The number of nitriles is 1. The number of benzene rings is 1. The number of amides is 2. The molecule has 0 unspecified atom stereocenters. The van der Waals surface area contributed by atoms with E-state index in [4.69, 9.17) is 4.98 Å². The zero-order valence-corrected chi connectivity index (χ0v) is 16.3. The second-order valence-electron chi connectivity index (χ2n) is 7.03. The Morgan fingerprint density at radius 3 is 2.97 bits per heavy atom. The van der Waals surface area contributed by atoms with Gasteiger partial charge in [-0.05, 0) is 37.6 Å². The fourth-order valence-corrected chi connectivity index (χ4v) is 3.40. The summed E-state index contributed by atoms with van der Waals surface area (Å²) in [7, 11) is 1.80. The van der Waals surface area contributed by atoms with Crippen LogP contribution in [0.1, 0.15) is 18.9 Å². The van der Waals surface area contributed by atoms with Crippen molar-refractivity contribution in [1.82, 2.24) is 14.8 Å². The van der Waals surface area contributed by atoms with Gasteiger partial charge in [0.05, 0.1) is 34.9 Å². The summed E-state index contributed by atoms with van der Waals surface area (Å²) in [5.41, 5.74) is 3.53. The Morgan fingerprint density at radius 2 is 2.21 bits per heavy atom. The monoisotopic (exact) mass is 387 g/mol. The van der Waals surface area contributed by atoms with Crippen molar-refractivity contribution in [2.75, 3.05) is 22.1 Å². The molecule has 1 atom stereocenters. The highest BCUT2D eigenvalue weighted by Crippen LogP contribution is 2.32. The molecule has 0 radical (unpaired) electrons. The Labute approximate surface area is 168 Å². The van der Waals surface area contributed by atoms with Gasteiger partial charge in [0.2, 0.25) is 0 Å². The molecule has 8 nitrogen and oxygen atoms in total. The van der Waals surface area contributed by atoms with Crippen LogP contribution in [0.15, 0.2) is 48.8 Å². The van der Waals surface area contributed by atoms with Crippen LogP contribution in [0.5, 0.6) is 0 Å². The molecule has 0 bridgehead atoms. The molecule has 8 heteroatoms. The third-order valence-corrected chi connectivity index (χ3v) is 4.88. The average molecular weight is 387 g/mol. The van der Waals surface area contributed by atoms with Crippen LogP contribution in [0.3, 0.4) is 0 Å². The van der Waals surface area contributed by atoms with Crippen LogP contribution < -0.4 is 15.5 Å². The van der Waals surface area contributed by atoms with Crippen molar-refractivity contribution < 1.29 is 4.79 Å². The summed E-state index contributed by atoms with van der Waals surface area (Å²) < 4.78 is 1.63. The molecule has 3 heterocycles. The number of nitrogens with zero attached hydrogens (tertiary/aromatic N) is 5. The molecule has 0 aliphatic carbocycles. The zero-order chi connectivity index (χ0) is 20.4. The molecule has 0 fully saturated rings. The summed E-state index contributed by atoms with van der Waals surface area (Å²) in [5.74, 6) is 0.566. The van der Waals surface area contributed by atoms with E-state index in [0.717, 1.165) is 24.2 Å². The van der Waals surface area contributed by atoms with Crippen molar-refractivity contribution in [2.45, 2.75) is 19.4 Å². The summed E-state index contributed by atoms with van der Waals surface area (Å²) in [6.07, 6.45) is 4.14. The van der Waals surface area contributed by atoms with E-state index in [1.54, 1.807) is 41.2 Å². The van der Waals surface area contributed by atoms with Crippen LogP contribution in [0.4, 0.5) is 22.0 Å². The summed E-state index contributed by atoms with van der Waals surface area (Å²) >= 11 is 0. The van der Waals surface area contributed by atoms with Crippen molar-refractivity contribution in [3.8, 4) is 17.3 Å². The lowest BCUT2D eigenvalue weighted by Crippen LogP contribution is -2.42. The summed E-state index contributed by atoms with van der Waals surface area (Å²) in [5, 5.41) is 19.5. The number of carbonyl (C=O) groups is 1. The van der Waals surface area contributed by atoms with Crippen LogP contribution in [-0.2, 0) is 7.05 Å². The molecule has 146 valence electrons. The van der Waals surface area contributed by atoms with E-state index in [-0.39, 0.29) is 12.1 Å². The van der Waals surface area contributed by atoms with E-state index in [1.165, 1.54) is 0 Å². The number of fused-ring (bicyclic) bond motifs is 1. The quantitative estimate of drug-likeness (QED) is 0.700. The number of hydrogen-bond acceptors (Lipinski definition) is 5. The SMILES string of the molecule is C[C@@H]1CCNc2ccc(-c3cccc(C#N)c3)nc2N1C(=O)Nc1cnn(C)c1. The van der Waals surface area contributed by atoms with E-state index in [2.05, 4.69) is 21.8 Å². The van der Waals surface area contributed by atoms with Crippen LogP contribution in [0.2, 0.25) is 0 Å². The Kier molecular flexibility index (Phi) is 4.87. The molecule has 1 aliphatic heterocycles. The molecule has 2 aromatic heterocycles. The predicted molar refractivity (Wildman–Crippen MR) is 112 cm³/mol.